The Morgan fingerprint density at radius 1 is 0.684 bits per heavy atom. The van der Waals surface area contributed by atoms with Crippen molar-refractivity contribution in [3.63, 3.8) is 0 Å². The Kier molecular flexibility index (Phi) is 11.4. The predicted octanol–water partition coefficient (Wildman–Crippen LogP) is 5.99. The smallest absolute Gasteiger partial charge is 0.00941 e. The first kappa shape index (κ1) is 17.2. The highest BCUT2D eigenvalue weighted by Crippen LogP contribution is 2.04. The van der Waals surface area contributed by atoms with Crippen LogP contribution in [-0.2, 0) is 6.42 Å². The van der Waals surface area contributed by atoms with Crippen molar-refractivity contribution in [2.45, 2.75) is 34.1 Å². The molecule has 0 heterocycles. The zero-order valence-corrected chi connectivity index (χ0v) is 12.6. The molecule has 0 amide bonds. The molecular formula is C19H26. The van der Waals surface area contributed by atoms with Gasteiger partial charge in [0, 0.05) is 0 Å². The molecule has 0 aliphatic carbocycles. The summed E-state index contributed by atoms with van der Waals surface area (Å²) in [5, 5.41) is 0. The van der Waals surface area contributed by atoms with Gasteiger partial charge in [-0.3, -0.25) is 0 Å². The average Bonchev–Trinajstić information content (AvgIpc) is 2.53. The quantitative estimate of drug-likeness (QED) is 0.630. The van der Waals surface area contributed by atoms with Crippen LogP contribution in [0, 0.1) is 0 Å². The summed E-state index contributed by atoms with van der Waals surface area (Å²) in [6, 6.07) is 20.9. The van der Waals surface area contributed by atoms with Gasteiger partial charge in [0.2, 0.25) is 0 Å². The zero-order chi connectivity index (χ0) is 14.3. The molecule has 0 spiro atoms. The van der Waals surface area contributed by atoms with E-state index in [1.807, 2.05) is 39.8 Å². The Morgan fingerprint density at radius 2 is 1.16 bits per heavy atom. The van der Waals surface area contributed by atoms with Gasteiger partial charge < -0.3 is 0 Å². The molecule has 2 rings (SSSR count). The van der Waals surface area contributed by atoms with Crippen LogP contribution in [0.25, 0.3) is 6.08 Å². The van der Waals surface area contributed by atoms with E-state index < -0.39 is 0 Å². The molecule has 0 unspecified atom stereocenters. The van der Waals surface area contributed by atoms with E-state index in [1.54, 1.807) is 0 Å². The van der Waals surface area contributed by atoms with Crippen molar-refractivity contribution in [1.82, 2.24) is 0 Å². The van der Waals surface area contributed by atoms with Crippen LogP contribution in [0.4, 0.5) is 0 Å². The minimum absolute atomic E-state index is 0.996. The van der Waals surface area contributed by atoms with E-state index >= 15 is 0 Å². The van der Waals surface area contributed by atoms with Crippen LogP contribution in [0.15, 0.2) is 66.7 Å². The number of hydrogen-bond acceptors (Lipinski definition) is 0. The van der Waals surface area contributed by atoms with Crippen molar-refractivity contribution in [2.24, 2.45) is 0 Å². The van der Waals surface area contributed by atoms with Gasteiger partial charge in [0.05, 0.1) is 0 Å². The molecule has 2 aromatic carbocycles. The Bertz CT molecular complexity index is 412. The standard InChI is InChI=1S/C15H14.2C2H6/c1-3-8-14(9-4-1)12-7-13-15-10-5-2-6-11-15;2*1-2/h1-12H,13H2;2*1-2H3/b12-7+;;. The summed E-state index contributed by atoms with van der Waals surface area (Å²) in [5.74, 6) is 0. The van der Waals surface area contributed by atoms with E-state index in [2.05, 4.69) is 60.7 Å². The molecule has 0 radical (unpaired) electrons. The van der Waals surface area contributed by atoms with Gasteiger partial charge in [-0.25, -0.2) is 0 Å². The molecule has 0 heteroatoms. The molecule has 0 aliphatic rings. The van der Waals surface area contributed by atoms with Crippen molar-refractivity contribution in [1.29, 1.82) is 0 Å². The fraction of sp³-hybridized carbons (Fsp3) is 0.263. The molecule has 19 heavy (non-hydrogen) atoms. The predicted molar refractivity (Wildman–Crippen MR) is 88.3 cm³/mol. The Balaban J connectivity index is 0.000000741. The number of rotatable bonds is 3. The lowest BCUT2D eigenvalue weighted by molar-refractivity contribution is 1.28. The van der Waals surface area contributed by atoms with Crippen LogP contribution in [0.2, 0.25) is 0 Å². The first-order valence-corrected chi connectivity index (χ1v) is 7.21. The third-order valence-corrected chi connectivity index (χ3v) is 2.31. The molecule has 0 N–H and O–H groups in total. The first-order chi connectivity index (χ1) is 9.45. The van der Waals surface area contributed by atoms with Gasteiger partial charge in [-0.2, -0.15) is 0 Å². The normalized spacial score (nSPS) is 9.05. The maximum absolute atomic E-state index is 2.20. The molecule has 0 saturated carbocycles. The monoisotopic (exact) mass is 254 g/mol. The number of allylic oxidation sites excluding steroid dienone is 1. The number of hydrogen-bond donors (Lipinski definition) is 0. The summed E-state index contributed by atoms with van der Waals surface area (Å²) in [6.07, 6.45) is 5.35. The lowest BCUT2D eigenvalue weighted by atomic mass is 10.1. The topological polar surface area (TPSA) is 0 Å². The molecule has 0 fully saturated rings. The minimum Gasteiger partial charge on any atom is -0.0795 e. The van der Waals surface area contributed by atoms with Gasteiger partial charge in [0.25, 0.3) is 0 Å². The van der Waals surface area contributed by atoms with Crippen LogP contribution < -0.4 is 0 Å². The highest BCUT2D eigenvalue weighted by molar-refractivity contribution is 5.49. The van der Waals surface area contributed by atoms with Crippen LogP contribution in [-0.4, -0.2) is 0 Å². The maximum Gasteiger partial charge on any atom is -0.00941 e. The van der Waals surface area contributed by atoms with E-state index in [0.717, 1.165) is 6.42 Å². The van der Waals surface area contributed by atoms with Crippen molar-refractivity contribution in [3.05, 3.63) is 77.9 Å². The van der Waals surface area contributed by atoms with E-state index in [9.17, 15) is 0 Å². The molecular weight excluding hydrogens is 228 g/mol. The summed E-state index contributed by atoms with van der Waals surface area (Å²) in [5.41, 5.74) is 2.61. The second-order valence-corrected chi connectivity index (χ2v) is 3.50. The average molecular weight is 254 g/mol. The Labute approximate surface area is 118 Å². The van der Waals surface area contributed by atoms with Gasteiger partial charge in [-0.1, -0.05) is 101 Å². The molecule has 0 atom stereocenters. The number of benzene rings is 2. The molecule has 2 aromatic rings. The third-order valence-electron chi connectivity index (χ3n) is 2.31. The van der Waals surface area contributed by atoms with Crippen LogP contribution >= 0.6 is 0 Å². The Morgan fingerprint density at radius 3 is 1.68 bits per heavy atom. The summed E-state index contributed by atoms with van der Waals surface area (Å²) in [7, 11) is 0. The van der Waals surface area contributed by atoms with Gasteiger partial charge >= 0.3 is 0 Å². The van der Waals surface area contributed by atoms with Crippen molar-refractivity contribution in [3.8, 4) is 0 Å². The van der Waals surface area contributed by atoms with Gasteiger partial charge in [-0.05, 0) is 17.5 Å². The van der Waals surface area contributed by atoms with Crippen molar-refractivity contribution >= 4 is 6.08 Å². The molecule has 0 bridgehead atoms. The summed E-state index contributed by atoms with van der Waals surface area (Å²) in [4.78, 5) is 0. The lowest BCUT2D eigenvalue weighted by Crippen LogP contribution is -1.78. The molecule has 0 aliphatic heterocycles. The van der Waals surface area contributed by atoms with E-state index in [-0.39, 0.29) is 0 Å². The second kappa shape index (κ2) is 12.6. The SMILES string of the molecule is C(=C\c1ccccc1)/Cc1ccccc1.CC.CC. The maximum atomic E-state index is 2.20. The van der Waals surface area contributed by atoms with Crippen LogP contribution in [0.3, 0.4) is 0 Å². The fourth-order valence-corrected chi connectivity index (χ4v) is 1.51. The van der Waals surface area contributed by atoms with E-state index in [0.29, 0.717) is 0 Å². The highest BCUT2D eigenvalue weighted by Gasteiger charge is 1.86. The lowest BCUT2D eigenvalue weighted by Gasteiger charge is -1.94. The Hall–Kier alpha value is -1.82. The first-order valence-electron chi connectivity index (χ1n) is 7.21. The van der Waals surface area contributed by atoms with Gasteiger partial charge in [0.1, 0.15) is 0 Å². The molecule has 0 nitrogen and oxygen atoms in total. The van der Waals surface area contributed by atoms with E-state index in [1.165, 1.54) is 11.1 Å². The summed E-state index contributed by atoms with van der Waals surface area (Å²) >= 11 is 0. The molecule has 0 aromatic heterocycles. The van der Waals surface area contributed by atoms with Gasteiger partial charge in [-0.15, -0.1) is 0 Å². The molecule has 102 valence electrons. The zero-order valence-electron chi connectivity index (χ0n) is 12.6. The van der Waals surface area contributed by atoms with Crippen LogP contribution in [0.5, 0.6) is 0 Å². The van der Waals surface area contributed by atoms with Gasteiger partial charge in [0.15, 0.2) is 0 Å². The van der Waals surface area contributed by atoms with Crippen LogP contribution in [0.1, 0.15) is 38.8 Å². The largest absolute Gasteiger partial charge is 0.0795 e. The fourth-order valence-electron chi connectivity index (χ4n) is 1.51. The van der Waals surface area contributed by atoms with Crippen molar-refractivity contribution in [2.75, 3.05) is 0 Å². The summed E-state index contributed by atoms with van der Waals surface area (Å²) < 4.78 is 0. The van der Waals surface area contributed by atoms with E-state index in [4.69, 9.17) is 0 Å². The highest BCUT2D eigenvalue weighted by atomic mass is 13.9. The molecule has 0 saturated heterocycles. The van der Waals surface area contributed by atoms with Crippen molar-refractivity contribution < 1.29 is 0 Å². The third kappa shape index (κ3) is 7.99. The minimum atomic E-state index is 0.996. The second-order valence-electron chi connectivity index (χ2n) is 3.50. The summed E-state index contributed by atoms with van der Waals surface area (Å²) in [6.45, 7) is 8.00.